The first kappa shape index (κ1) is 12.1. The highest BCUT2D eigenvalue weighted by atomic mass is 32.1. The lowest BCUT2D eigenvalue weighted by Crippen LogP contribution is -2.10. The molecule has 0 fully saturated rings. The van der Waals surface area contributed by atoms with Crippen molar-refractivity contribution in [2.45, 2.75) is 6.61 Å². The largest absolute Gasteiger partial charge is 0.482 e. The Bertz CT molecular complexity index is 719. The van der Waals surface area contributed by atoms with Crippen LogP contribution in [0, 0.1) is 0 Å². The Hall–Kier alpha value is -1.92. The molecule has 0 aliphatic heterocycles. The zero-order chi connectivity index (χ0) is 13.2. The lowest BCUT2D eigenvalue weighted by molar-refractivity contribution is 0.304. The quantitative estimate of drug-likeness (QED) is 0.748. The lowest BCUT2D eigenvalue weighted by atomic mass is 10.2. The zero-order valence-electron chi connectivity index (χ0n) is 9.83. The number of furan rings is 1. The lowest BCUT2D eigenvalue weighted by Gasteiger charge is -2.03. The Morgan fingerprint density at radius 2 is 2.26 bits per heavy atom. The number of para-hydroxylation sites is 1. The van der Waals surface area contributed by atoms with Gasteiger partial charge < -0.3 is 14.9 Å². The maximum Gasteiger partial charge on any atom is 0.204 e. The Labute approximate surface area is 118 Å². The second kappa shape index (κ2) is 4.99. The summed E-state index contributed by atoms with van der Waals surface area (Å²) in [6.45, 7) is 0.372. The monoisotopic (exact) mass is 290 g/mol. The highest BCUT2D eigenvalue weighted by Gasteiger charge is 2.17. The van der Waals surface area contributed by atoms with Crippen molar-refractivity contribution in [2.75, 3.05) is 0 Å². The molecule has 0 radical (unpaired) electrons. The van der Waals surface area contributed by atoms with E-state index in [4.69, 9.17) is 27.1 Å². The van der Waals surface area contributed by atoms with Crippen LogP contribution in [0.2, 0.25) is 0 Å². The predicted octanol–water partition coefficient (Wildman–Crippen LogP) is 3.10. The van der Waals surface area contributed by atoms with Crippen LogP contribution in [0.3, 0.4) is 0 Å². The predicted molar refractivity (Wildman–Crippen MR) is 78.5 cm³/mol. The number of thiazole rings is 1. The molecule has 0 bridgehead atoms. The molecule has 2 N–H and O–H groups in total. The fraction of sp³-hybridized carbons (Fsp3) is 0.0769. The van der Waals surface area contributed by atoms with Crippen molar-refractivity contribution < 1.29 is 9.15 Å². The average Bonchev–Trinajstić information content (AvgIpc) is 3.03. The molecule has 19 heavy (non-hydrogen) atoms. The van der Waals surface area contributed by atoms with Crippen molar-refractivity contribution in [3.63, 3.8) is 0 Å². The number of hydrogen-bond donors (Lipinski definition) is 1. The van der Waals surface area contributed by atoms with E-state index in [0.717, 1.165) is 10.4 Å². The van der Waals surface area contributed by atoms with Gasteiger partial charge in [-0.1, -0.05) is 24.4 Å². The maximum absolute atomic E-state index is 5.78. The van der Waals surface area contributed by atoms with E-state index >= 15 is 0 Å². The zero-order valence-corrected chi connectivity index (χ0v) is 11.5. The molecular weight excluding hydrogens is 280 g/mol. The van der Waals surface area contributed by atoms with Crippen molar-refractivity contribution in [3.8, 4) is 5.75 Å². The second-order valence-corrected chi connectivity index (χ2v) is 5.25. The number of rotatable bonds is 4. The molecule has 1 aromatic carbocycles. The standard InChI is InChI=1S/C13H10N2O2S2/c14-13(18)12-11(16-7-10-15-5-6-19-10)8-3-1-2-4-9(8)17-12/h1-6H,7H2,(H2,14,18). The topological polar surface area (TPSA) is 61.3 Å². The summed E-state index contributed by atoms with van der Waals surface area (Å²) >= 11 is 6.53. The minimum absolute atomic E-state index is 0.185. The maximum atomic E-state index is 5.78. The van der Waals surface area contributed by atoms with Gasteiger partial charge >= 0.3 is 0 Å². The van der Waals surface area contributed by atoms with Crippen molar-refractivity contribution >= 4 is 39.5 Å². The van der Waals surface area contributed by atoms with Crippen LogP contribution >= 0.6 is 23.6 Å². The van der Waals surface area contributed by atoms with Crippen LogP contribution in [0.1, 0.15) is 10.8 Å². The highest BCUT2D eigenvalue weighted by Crippen LogP contribution is 2.33. The molecule has 0 saturated heterocycles. The number of hydrogen-bond acceptors (Lipinski definition) is 5. The molecule has 4 nitrogen and oxygen atoms in total. The summed E-state index contributed by atoms with van der Waals surface area (Å²) in [6, 6.07) is 7.57. The number of aromatic nitrogens is 1. The Morgan fingerprint density at radius 1 is 1.42 bits per heavy atom. The molecule has 0 amide bonds. The summed E-state index contributed by atoms with van der Waals surface area (Å²) in [5, 5.41) is 3.65. The van der Waals surface area contributed by atoms with Gasteiger partial charge in [-0.3, -0.25) is 0 Å². The van der Waals surface area contributed by atoms with Gasteiger partial charge in [0.1, 0.15) is 22.2 Å². The van der Waals surface area contributed by atoms with Crippen LogP contribution in [0.15, 0.2) is 40.3 Å². The Morgan fingerprint density at radius 3 is 3.00 bits per heavy atom. The van der Waals surface area contributed by atoms with E-state index in [1.165, 1.54) is 11.3 Å². The normalized spacial score (nSPS) is 10.7. The van der Waals surface area contributed by atoms with Crippen LogP contribution in [0.25, 0.3) is 11.0 Å². The third-order valence-electron chi connectivity index (χ3n) is 2.60. The van der Waals surface area contributed by atoms with Crippen LogP contribution in [0.5, 0.6) is 5.75 Å². The smallest absolute Gasteiger partial charge is 0.204 e. The molecule has 0 unspecified atom stereocenters. The third kappa shape index (κ3) is 2.32. The van der Waals surface area contributed by atoms with Crippen LogP contribution < -0.4 is 10.5 Å². The molecular formula is C13H10N2O2S2. The molecule has 0 saturated carbocycles. The van der Waals surface area contributed by atoms with Gasteiger partial charge in [0.2, 0.25) is 5.76 Å². The van der Waals surface area contributed by atoms with Crippen LogP contribution in [-0.4, -0.2) is 9.97 Å². The fourth-order valence-electron chi connectivity index (χ4n) is 1.79. The van der Waals surface area contributed by atoms with Gasteiger partial charge in [0.05, 0.1) is 5.39 Å². The first-order chi connectivity index (χ1) is 9.25. The molecule has 0 aliphatic carbocycles. The van der Waals surface area contributed by atoms with Gasteiger partial charge in [0.15, 0.2) is 5.75 Å². The average molecular weight is 290 g/mol. The van der Waals surface area contributed by atoms with Gasteiger partial charge in [0, 0.05) is 11.6 Å². The summed E-state index contributed by atoms with van der Waals surface area (Å²) < 4.78 is 11.4. The molecule has 0 aliphatic rings. The van der Waals surface area contributed by atoms with Crippen molar-refractivity contribution in [1.82, 2.24) is 4.98 Å². The van der Waals surface area contributed by atoms with Gasteiger partial charge in [-0.2, -0.15) is 0 Å². The number of fused-ring (bicyclic) bond motifs is 1. The first-order valence-corrected chi connectivity index (χ1v) is 6.87. The van der Waals surface area contributed by atoms with Gasteiger partial charge in [-0.05, 0) is 12.1 Å². The number of thiocarbonyl (C=S) groups is 1. The molecule has 96 valence electrons. The summed E-state index contributed by atoms with van der Waals surface area (Å²) in [4.78, 5) is 4.35. The van der Waals surface area contributed by atoms with E-state index in [0.29, 0.717) is 23.7 Å². The molecule has 6 heteroatoms. The van der Waals surface area contributed by atoms with E-state index in [1.54, 1.807) is 6.20 Å². The molecule has 0 atom stereocenters. The van der Waals surface area contributed by atoms with E-state index in [1.807, 2.05) is 29.6 Å². The number of nitrogens with zero attached hydrogens (tertiary/aromatic N) is 1. The number of ether oxygens (including phenoxy) is 1. The fourth-order valence-corrected chi connectivity index (χ4v) is 2.45. The highest BCUT2D eigenvalue weighted by molar-refractivity contribution is 7.80. The van der Waals surface area contributed by atoms with Crippen LogP contribution in [0.4, 0.5) is 0 Å². The molecule has 2 heterocycles. The summed E-state index contributed by atoms with van der Waals surface area (Å²) in [5.41, 5.74) is 6.38. The number of benzene rings is 1. The van der Waals surface area contributed by atoms with Gasteiger partial charge in [-0.15, -0.1) is 11.3 Å². The summed E-state index contributed by atoms with van der Waals surface area (Å²) in [5.74, 6) is 0.992. The summed E-state index contributed by atoms with van der Waals surface area (Å²) in [7, 11) is 0. The van der Waals surface area contributed by atoms with Crippen molar-refractivity contribution in [2.24, 2.45) is 5.73 Å². The number of nitrogens with two attached hydrogens (primary N) is 1. The van der Waals surface area contributed by atoms with Crippen molar-refractivity contribution in [3.05, 3.63) is 46.6 Å². The SMILES string of the molecule is NC(=S)c1oc2ccccc2c1OCc1nccs1. The third-order valence-corrected chi connectivity index (χ3v) is 3.54. The molecule has 0 spiro atoms. The van der Waals surface area contributed by atoms with E-state index in [9.17, 15) is 0 Å². The summed E-state index contributed by atoms with van der Waals surface area (Å²) in [6.07, 6.45) is 1.74. The first-order valence-electron chi connectivity index (χ1n) is 5.58. The van der Waals surface area contributed by atoms with E-state index < -0.39 is 0 Å². The van der Waals surface area contributed by atoms with E-state index in [2.05, 4.69) is 4.98 Å². The van der Waals surface area contributed by atoms with Gasteiger partial charge in [0.25, 0.3) is 0 Å². The molecule has 3 rings (SSSR count). The minimum atomic E-state index is 0.185. The Kier molecular flexibility index (Phi) is 3.18. The minimum Gasteiger partial charge on any atom is -0.482 e. The Balaban J connectivity index is 2.00. The van der Waals surface area contributed by atoms with Crippen molar-refractivity contribution in [1.29, 1.82) is 0 Å². The second-order valence-electron chi connectivity index (χ2n) is 3.84. The van der Waals surface area contributed by atoms with E-state index in [-0.39, 0.29) is 4.99 Å². The van der Waals surface area contributed by atoms with Gasteiger partial charge in [-0.25, -0.2) is 4.98 Å². The van der Waals surface area contributed by atoms with Crippen LogP contribution in [-0.2, 0) is 6.61 Å². The molecule has 3 aromatic rings. The molecule has 2 aromatic heterocycles.